The van der Waals surface area contributed by atoms with Crippen molar-refractivity contribution in [3.05, 3.63) is 59.4 Å². The Morgan fingerprint density at radius 3 is 2.50 bits per heavy atom. The monoisotopic (exact) mass is 318 g/mol. The van der Waals surface area contributed by atoms with E-state index in [4.69, 9.17) is 0 Å². The van der Waals surface area contributed by atoms with Gasteiger partial charge in [0.25, 0.3) is 0 Å². The highest BCUT2D eigenvalue weighted by Gasteiger charge is 2.32. The van der Waals surface area contributed by atoms with Crippen LogP contribution < -0.4 is 4.72 Å². The molecular weight excluding hydrogens is 304 g/mol. The number of aromatic nitrogens is 1. The molecule has 0 radical (unpaired) electrons. The van der Waals surface area contributed by atoms with Crippen LogP contribution in [0.25, 0.3) is 0 Å². The van der Waals surface area contributed by atoms with Crippen molar-refractivity contribution in [1.29, 1.82) is 0 Å². The zero-order valence-electron chi connectivity index (χ0n) is 11.6. The molecule has 6 nitrogen and oxygen atoms in total. The highest BCUT2D eigenvalue weighted by molar-refractivity contribution is 7.71. The normalized spacial score (nSPS) is 16.5. The largest absolute Gasteiger partial charge is 0.341 e. The van der Waals surface area contributed by atoms with Gasteiger partial charge >= 0.3 is 0 Å². The number of amides is 1. The summed E-state index contributed by atoms with van der Waals surface area (Å²) in [5.41, 5.74) is 1.77. The van der Waals surface area contributed by atoms with Gasteiger partial charge in [0.05, 0.1) is 11.6 Å². The third-order valence-corrected chi connectivity index (χ3v) is 4.20. The zero-order chi connectivity index (χ0) is 15.7. The minimum Gasteiger partial charge on any atom is -0.341 e. The Morgan fingerprint density at radius 1 is 1.09 bits per heavy atom. The molecule has 2 heterocycles. The molecular formula is C15H14N2O4S. The predicted octanol–water partition coefficient (Wildman–Crippen LogP) is 0.849. The summed E-state index contributed by atoms with van der Waals surface area (Å²) < 4.78 is 24.9. The van der Waals surface area contributed by atoms with E-state index in [0.29, 0.717) is 29.9 Å². The highest BCUT2D eigenvalue weighted by Crippen LogP contribution is 2.31. The van der Waals surface area contributed by atoms with E-state index in [9.17, 15) is 18.0 Å². The lowest BCUT2D eigenvalue weighted by Gasteiger charge is -2.07. The van der Waals surface area contributed by atoms with Crippen molar-refractivity contribution in [1.82, 2.24) is 9.29 Å². The number of nitrogens with zero attached hydrogens (tertiary/aromatic N) is 1. The van der Waals surface area contributed by atoms with Gasteiger partial charge in [-0.1, -0.05) is 30.3 Å². The van der Waals surface area contributed by atoms with Crippen LogP contribution in [0.4, 0.5) is 0 Å². The van der Waals surface area contributed by atoms with Gasteiger partial charge in [-0.05, 0) is 18.6 Å². The van der Waals surface area contributed by atoms with E-state index >= 15 is 0 Å². The van der Waals surface area contributed by atoms with Crippen LogP contribution in [0.1, 0.15) is 34.1 Å². The molecule has 7 heteroatoms. The Hall–Kier alpha value is -2.41. The molecule has 1 amide bonds. The van der Waals surface area contributed by atoms with E-state index in [1.54, 1.807) is 41.0 Å². The molecule has 114 valence electrons. The summed E-state index contributed by atoms with van der Waals surface area (Å²) in [6, 6.07) is 12.3. The van der Waals surface area contributed by atoms with Crippen molar-refractivity contribution in [2.45, 2.75) is 18.9 Å². The number of hydrogen-bond donors (Lipinski definition) is 2. The van der Waals surface area contributed by atoms with Crippen LogP contribution in [-0.2, 0) is 22.2 Å². The summed E-state index contributed by atoms with van der Waals surface area (Å²) in [6.45, 7) is 0.518. The summed E-state index contributed by atoms with van der Waals surface area (Å²) in [5.74, 6) is -1.19. The van der Waals surface area contributed by atoms with Gasteiger partial charge in [-0.3, -0.25) is 14.3 Å². The molecule has 1 aliphatic heterocycles. The number of hydrogen-bond acceptors (Lipinski definition) is 4. The third kappa shape index (κ3) is 2.55. The molecule has 2 aromatic rings. The molecule has 1 N–H and O–H groups in total. The van der Waals surface area contributed by atoms with Gasteiger partial charge in [0.2, 0.25) is 22.6 Å². The lowest BCUT2D eigenvalue weighted by Crippen LogP contribution is -2.26. The van der Waals surface area contributed by atoms with Crippen LogP contribution in [0.5, 0.6) is 0 Å². The van der Waals surface area contributed by atoms with Crippen LogP contribution in [0.2, 0.25) is 0 Å². The molecule has 1 aliphatic rings. The smallest absolute Gasteiger partial charge is 0.242 e. The molecule has 3 rings (SSSR count). The first-order valence-corrected chi connectivity index (χ1v) is 7.99. The molecule has 0 saturated carbocycles. The Morgan fingerprint density at radius 2 is 1.82 bits per heavy atom. The summed E-state index contributed by atoms with van der Waals surface area (Å²) in [6.07, 6.45) is 0.486. The van der Waals surface area contributed by atoms with E-state index in [2.05, 4.69) is 0 Å². The Labute approximate surface area is 128 Å². The van der Waals surface area contributed by atoms with E-state index < -0.39 is 22.7 Å². The van der Waals surface area contributed by atoms with Crippen LogP contribution in [0, 0.1) is 0 Å². The summed E-state index contributed by atoms with van der Waals surface area (Å²) in [5, 5.41) is 0. The van der Waals surface area contributed by atoms with Crippen molar-refractivity contribution in [3.63, 3.8) is 0 Å². The average Bonchev–Trinajstić information content (AvgIpc) is 3.08. The first kappa shape index (κ1) is 14.5. The summed E-state index contributed by atoms with van der Waals surface area (Å²) in [7, 11) is -2.96. The first-order valence-electron chi connectivity index (χ1n) is 6.82. The van der Waals surface area contributed by atoms with Crippen LogP contribution in [0.15, 0.2) is 42.5 Å². The quantitative estimate of drug-likeness (QED) is 0.646. The van der Waals surface area contributed by atoms with Crippen molar-refractivity contribution in [2.24, 2.45) is 0 Å². The maximum Gasteiger partial charge on any atom is 0.242 e. The van der Waals surface area contributed by atoms with Crippen molar-refractivity contribution in [2.75, 3.05) is 0 Å². The number of thiol groups is 1. The third-order valence-electron chi connectivity index (χ3n) is 3.80. The molecule has 1 aromatic carbocycles. The minimum atomic E-state index is -2.96. The topological polar surface area (TPSA) is 85.2 Å². The molecule has 22 heavy (non-hydrogen) atoms. The standard InChI is InChI=1S/C15H14N2O4S/c18-14(10-4-2-1-3-5-10)13-7-6-12-11(8-9-17(12)13)15(19)16-22(20)21/h1-7,11,22H,8-9H2,(H,16,19,20,21). The Bertz CT molecular complexity index is 800. The lowest BCUT2D eigenvalue weighted by atomic mass is 10.0. The van der Waals surface area contributed by atoms with Crippen LogP contribution in [0.3, 0.4) is 0 Å². The molecule has 0 spiro atoms. The highest BCUT2D eigenvalue weighted by atomic mass is 32.2. The molecule has 1 atom stereocenters. The average molecular weight is 318 g/mol. The molecule has 0 fully saturated rings. The van der Waals surface area contributed by atoms with Gasteiger partial charge in [-0.15, -0.1) is 0 Å². The van der Waals surface area contributed by atoms with Crippen LogP contribution in [-0.4, -0.2) is 24.7 Å². The van der Waals surface area contributed by atoms with Gasteiger partial charge in [-0.25, -0.2) is 8.42 Å². The van der Waals surface area contributed by atoms with Gasteiger partial charge < -0.3 is 4.57 Å². The fraction of sp³-hybridized carbons (Fsp3) is 0.200. The Balaban J connectivity index is 1.90. The van der Waals surface area contributed by atoms with E-state index in [1.807, 2.05) is 10.8 Å². The first-order chi connectivity index (χ1) is 10.6. The van der Waals surface area contributed by atoms with Crippen LogP contribution >= 0.6 is 0 Å². The second-order valence-electron chi connectivity index (χ2n) is 5.06. The second-order valence-corrected chi connectivity index (χ2v) is 5.80. The number of carbonyl (C=O) groups excluding carboxylic acids is 2. The number of nitrogens with one attached hydrogen (secondary N) is 1. The SMILES string of the molecule is O=C(c1ccccc1)c1ccc2n1CCC2C(=O)N[SH](=O)=O. The number of carbonyl (C=O) groups is 2. The number of fused-ring (bicyclic) bond motifs is 1. The van der Waals surface area contributed by atoms with Gasteiger partial charge in [0.1, 0.15) is 0 Å². The number of ketones is 1. The fourth-order valence-electron chi connectivity index (χ4n) is 2.81. The minimum absolute atomic E-state index is 0.109. The van der Waals surface area contributed by atoms with E-state index in [-0.39, 0.29) is 5.78 Å². The number of rotatable bonds is 4. The second kappa shape index (κ2) is 5.76. The summed E-state index contributed by atoms with van der Waals surface area (Å²) >= 11 is 0. The molecule has 0 bridgehead atoms. The number of benzene rings is 1. The zero-order valence-corrected chi connectivity index (χ0v) is 12.5. The maximum atomic E-state index is 12.5. The molecule has 1 aromatic heterocycles. The van der Waals surface area contributed by atoms with Crippen molar-refractivity contribution >= 4 is 22.6 Å². The fourth-order valence-corrected chi connectivity index (χ4v) is 3.15. The van der Waals surface area contributed by atoms with E-state index in [0.717, 1.165) is 0 Å². The van der Waals surface area contributed by atoms with Gasteiger partial charge in [-0.2, -0.15) is 0 Å². The molecule has 0 aliphatic carbocycles. The van der Waals surface area contributed by atoms with E-state index in [1.165, 1.54) is 0 Å². The summed E-state index contributed by atoms with van der Waals surface area (Å²) in [4.78, 5) is 24.4. The molecule has 1 unspecified atom stereocenters. The predicted molar refractivity (Wildman–Crippen MR) is 80.1 cm³/mol. The van der Waals surface area contributed by atoms with Gasteiger partial charge in [0, 0.05) is 17.8 Å². The maximum absolute atomic E-state index is 12.5. The van der Waals surface area contributed by atoms with Gasteiger partial charge in [0.15, 0.2) is 0 Å². The Kier molecular flexibility index (Phi) is 3.81. The van der Waals surface area contributed by atoms with Crippen molar-refractivity contribution < 1.29 is 18.0 Å². The van der Waals surface area contributed by atoms with Crippen molar-refractivity contribution in [3.8, 4) is 0 Å². The molecule has 0 saturated heterocycles. The lowest BCUT2D eigenvalue weighted by molar-refractivity contribution is -0.120.